The van der Waals surface area contributed by atoms with E-state index in [9.17, 15) is 4.79 Å². The summed E-state index contributed by atoms with van der Waals surface area (Å²) in [6.45, 7) is 3.89. The van der Waals surface area contributed by atoms with Crippen LogP contribution in [-0.2, 0) is 12.8 Å². The van der Waals surface area contributed by atoms with Crippen LogP contribution in [0.4, 0.5) is 0 Å². The number of nitrogens with one attached hydrogen (secondary N) is 1. The molecule has 0 atom stereocenters. The number of nitrogens with zero attached hydrogens (tertiary/aromatic N) is 3. The van der Waals surface area contributed by atoms with E-state index in [0.29, 0.717) is 38.3 Å². The van der Waals surface area contributed by atoms with Crippen molar-refractivity contribution >= 4 is 56.9 Å². The number of hydrogen-bond acceptors (Lipinski definition) is 4. The van der Waals surface area contributed by atoms with E-state index >= 15 is 0 Å². The molecule has 2 aromatic carbocycles. The van der Waals surface area contributed by atoms with Crippen LogP contribution in [0.25, 0.3) is 22.1 Å². The first-order chi connectivity index (χ1) is 13.4. The topological polar surface area (TPSA) is 71.5 Å². The maximum atomic E-state index is 11.4. The van der Waals surface area contributed by atoms with Crippen molar-refractivity contribution in [2.24, 2.45) is 0 Å². The lowest BCUT2D eigenvalue weighted by molar-refractivity contribution is 0.997. The molecule has 1 N–H and O–H groups in total. The maximum Gasteiger partial charge on any atom is 0.270 e. The van der Waals surface area contributed by atoms with Crippen LogP contribution < -0.4 is 5.56 Å². The second-order valence-corrected chi connectivity index (χ2v) is 7.09. The lowest BCUT2D eigenvalue weighted by atomic mass is 10.2. The van der Waals surface area contributed by atoms with E-state index in [-0.39, 0.29) is 5.56 Å². The van der Waals surface area contributed by atoms with Crippen molar-refractivity contribution < 1.29 is 0 Å². The monoisotopic (exact) mass is 434 g/mol. The Balaban J connectivity index is 0.000000161. The average Bonchev–Trinajstić information content (AvgIpc) is 2.69. The molecule has 0 saturated carbocycles. The summed E-state index contributed by atoms with van der Waals surface area (Å²) in [5, 5.41) is 1.54. The van der Waals surface area contributed by atoms with Gasteiger partial charge in [0.2, 0.25) is 0 Å². The largest absolute Gasteiger partial charge is 0.318 e. The first kappa shape index (κ1) is 20.5. The highest BCUT2D eigenvalue weighted by Gasteiger charge is 2.07. The van der Waals surface area contributed by atoms with E-state index in [1.54, 1.807) is 12.1 Å². The summed E-state index contributed by atoms with van der Waals surface area (Å²) < 4.78 is 0. The molecule has 0 aliphatic heterocycles. The van der Waals surface area contributed by atoms with Crippen LogP contribution in [0.5, 0.6) is 0 Å². The number of halogens is 3. The molecule has 0 saturated heterocycles. The Labute approximate surface area is 176 Å². The Morgan fingerprint density at radius 3 is 2.11 bits per heavy atom. The Hall–Kier alpha value is -2.21. The summed E-state index contributed by atoms with van der Waals surface area (Å²) in [7, 11) is 0. The fraction of sp³-hybridized carbons (Fsp3) is 0.200. The molecule has 0 spiro atoms. The van der Waals surface area contributed by atoms with Gasteiger partial charge < -0.3 is 4.98 Å². The molecule has 0 aliphatic rings. The standard InChI is InChI=1S/C10H8Cl2N2.C10H9ClN2O/c1-2-7-10(12)14-9-6(11)4-3-5-8(9)13-7;1-2-7-10(14)13-9-6(11)4-3-5-8(9)12-7/h3-5H,2H2,1H3;3-5H,2H2,1H3,(H,13,14). The van der Waals surface area contributed by atoms with Crippen LogP contribution in [0.2, 0.25) is 15.2 Å². The zero-order valence-electron chi connectivity index (χ0n) is 15.3. The van der Waals surface area contributed by atoms with Gasteiger partial charge in [-0.15, -0.1) is 0 Å². The van der Waals surface area contributed by atoms with Gasteiger partial charge in [0.15, 0.2) is 5.15 Å². The van der Waals surface area contributed by atoms with Gasteiger partial charge in [-0.2, -0.15) is 0 Å². The van der Waals surface area contributed by atoms with E-state index in [4.69, 9.17) is 34.8 Å². The SMILES string of the molecule is CCc1nc2cccc(Cl)c2[nH]c1=O.CCc1nc2cccc(Cl)c2nc1Cl. The highest BCUT2D eigenvalue weighted by molar-refractivity contribution is 6.35. The van der Waals surface area contributed by atoms with E-state index in [2.05, 4.69) is 19.9 Å². The van der Waals surface area contributed by atoms with Crippen molar-refractivity contribution in [3.05, 3.63) is 73.3 Å². The normalized spacial score (nSPS) is 10.8. The van der Waals surface area contributed by atoms with Gasteiger partial charge in [0, 0.05) is 0 Å². The molecular formula is C20H17Cl3N4O. The molecule has 0 bridgehead atoms. The second kappa shape index (κ2) is 8.86. The summed E-state index contributed by atoms with van der Waals surface area (Å²) in [5.41, 5.74) is 3.98. The molecule has 4 rings (SSSR count). The van der Waals surface area contributed by atoms with Gasteiger partial charge in [-0.1, -0.05) is 60.8 Å². The maximum absolute atomic E-state index is 11.4. The van der Waals surface area contributed by atoms with Gasteiger partial charge in [-0.05, 0) is 37.1 Å². The molecule has 0 amide bonds. The quantitative estimate of drug-likeness (QED) is 0.442. The number of aromatic nitrogens is 4. The van der Waals surface area contributed by atoms with Gasteiger partial charge >= 0.3 is 0 Å². The molecule has 2 aromatic heterocycles. The summed E-state index contributed by atoms with van der Waals surface area (Å²) in [6.07, 6.45) is 1.39. The van der Waals surface area contributed by atoms with Crippen molar-refractivity contribution in [1.82, 2.24) is 19.9 Å². The smallest absolute Gasteiger partial charge is 0.270 e. The van der Waals surface area contributed by atoms with Crippen molar-refractivity contribution in [3.63, 3.8) is 0 Å². The Morgan fingerprint density at radius 2 is 1.43 bits per heavy atom. The number of para-hydroxylation sites is 2. The molecule has 0 aliphatic carbocycles. The van der Waals surface area contributed by atoms with Gasteiger partial charge in [0.25, 0.3) is 5.56 Å². The summed E-state index contributed by atoms with van der Waals surface area (Å²) in [6, 6.07) is 10.9. The van der Waals surface area contributed by atoms with E-state index in [1.807, 2.05) is 38.1 Å². The predicted octanol–water partition coefficient (Wildman–Crippen LogP) is 5.64. The van der Waals surface area contributed by atoms with Crippen LogP contribution in [0.15, 0.2) is 41.2 Å². The number of fused-ring (bicyclic) bond motifs is 2. The predicted molar refractivity (Wildman–Crippen MR) is 116 cm³/mol. The van der Waals surface area contributed by atoms with Gasteiger partial charge in [-0.25, -0.2) is 15.0 Å². The molecule has 4 aromatic rings. The lowest BCUT2D eigenvalue weighted by Crippen LogP contribution is -2.14. The fourth-order valence-corrected chi connectivity index (χ4v) is 3.32. The molecule has 5 nitrogen and oxygen atoms in total. The number of H-pyrrole nitrogens is 1. The Bertz CT molecular complexity index is 1210. The molecule has 8 heteroatoms. The molecule has 0 radical (unpaired) electrons. The van der Waals surface area contributed by atoms with Crippen LogP contribution >= 0.6 is 34.8 Å². The lowest BCUT2D eigenvalue weighted by Gasteiger charge is -2.03. The summed E-state index contributed by atoms with van der Waals surface area (Å²) >= 11 is 17.8. The van der Waals surface area contributed by atoms with Crippen molar-refractivity contribution in [3.8, 4) is 0 Å². The fourth-order valence-electron chi connectivity index (χ4n) is 2.64. The molecule has 28 heavy (non-hydrogen) atoms. The number of hydrogen-bond donors (Lipinski definition) is 1. The highest BCUT2D eigenvalue weighted by Crippen LogP contribution is 2.23. The zero-order valence-corrected chi connectivity index (χ0v) is 17.5. The third-order valence-corrected chi connectivity index (χ3v) is 5.01. The minimum absolute atomic E-state index is 0.159. The first-order valence-corrected chi connectivity index (χ1v) is 9.86. The molecular weight excluding hydrogens is 419 g/mol. The summed E-state index contributed by atoms with van der Waals surface area (Å²) in [4.78, 5) is 27.0. The number of benzene rings is 2. The summed E-state index contributed by atoms with van der Waals surface area (Å²) in [5.74, 6) is 0. The van der Waals surface area contributed by atoms with E-state index in [0.717, 1.165) is 23.1 Å². The van der Waals surface area contributed by atoms with Crippen LogP contribution in [0.1, 0.15) is 25.2 Å². The van der Waals surface area contributed by atoms with E-state index < -0.39 is 0 Å². The van der Waals surface area contributed by atoms with Gasteiger partial charge in [-0.3, -0.25) is 4.79 Å². The van der Waals surface area contributed by atoms with Gasteiger partial charge in [0.1, 0.15) is 11.2 Å². The van der Waals surface area contributed by atoms with Crippen LogP contribution in [0, 0.1) is 0 Å². The highest BCUT2D eigenvalue weighted by atomic mass is 35.5. The average molecular weight is 436 g/mol. The molecule has 144 valence electrons. The van der Waals surface area contributed by atoms with Crippen LogP contribution in [-0.4, -0.2) is 19.9 Å². The Morgan fingerprint density at radius 1 is 0.821 bits per heavy atom. The Kier molecular flexibility index (Phi) is 6.50. The zero-order chi connectivity index (χ0) is 20.3. The third-order valence-electron chi connectivity index (χ3n) is 4.09. The van der Waals surface area contributed by atoms with Crippen molar-refractivity contribution in [2.45, 2.75) is 26.7 Å². The number of rotatable bonds is 2. The molecule has 0 fully saturated rings. The minimum atomic E-state index is -0.159. The molecule has 2 heterocycles. The second-order valence-electron chi connectivity index (χ2n) is 5.92. The number of aryl methyl sites for hydroxylation is 2. The van der Waals surface area contributed by atoms with E-state index in [1.165, 1.54) is 0 Å². The van der Waals surface area contributed by atoms with Gasteiger partial charge in [0.05, 0.1) is 32.3 Å². The van der Waals surface area contributed by atoms with Crippen LogP contribution in [0.3, 0.4) is 0 Å². The van der Waals surface area contributed by atoms with Crippen molar-refractivity contribution in [2.75, 3.05) is 0 Å². The third kappa shape index (κ3) is 4.27. The number of aromatic amines is 1. The first-order valence-electron chi connectivity index (χ1n) is 8.72. The molecule has 0 unspecified atom stereocenters. The van der Waals surface area contributed by atoms with Crippen molar-refractivity contribution in [1.29, 1.82) is 0 Å². The minimum Gasteiger partial charge on any atom is -0.318 e.